The van der Waals surface area contributed by atoms with Gasteiger partial charge in [0.2, 0.25) is 11.8 Å². The molecule has 1 saturated heterocycles. The molecule has 0 spiro atoms. The minimum Gasteiger partial charge on any atom is -0.372 e. The van der Waals surface area contributed by atoms with E-state index < -0.39 is 0 Å². The molecule has 2 aromatic rings. The zero-order valence-corrected chi connectivity index (χ0v) is 19.7. The van der Waals surface area contributed by atoms with Gasteiger partial charge in [-0.1, -0.05) is 26.0 Å². The van der Waals surface area contributed by atoms with Gasteiger partial charge < -0.3 is 20.3 Å². The van der Waals surface area contributed by atoms with E-state index in [1.807, 2.05) is 44.7 Å². The number of aromatic nitrogens is 1. The quantitative estimate of drug-likeness (QED) is 0.665. The Balaban J connectivity index is 1.48. The molecule has 0 aliphatic carbocycles. The summed E-state index contributed by atoms with van der Waals surface area (Å²) >= 11 is 1.30. The largest absolute Gasteiger partial charge is 0.372 e. The Labute approximate surface area is 192 Å². The van der Waals surface area contributed by atoms with Crippen LogP contribution in [0.3, 0.4) is 0 Å². The predicted octanol–water partition coefficient (Wildman–Crippen LogP) is 2.85. The summed E-state index contributed by atoms with van der Waals surface area (Å²) in [6, 6.07) is 7.28. The van der Waals surface area contributed by atoms with E-state index in [1.165, 1.54) is 11.3 Å². The molecule has 1 aromatic carbocycles. The van der Waals surface area contributed by atoms with E-state index in [4.69, 9.17) is 4.74 Å². The molecule has 2 N–H and O–H groups in total. The molecule has 0 saturated carbocycles. The number of benzene rings is 1. The Kier molecular flexibility index (Phi) is 7.98. The van der Waals surface area contributed by atoms with E-state index in [1.54, 1.807) is 17.5 Å². The van der Waals surface area contributed by atoms with Crippen LogP contribution < -0.4 is 10.6 Å². The normalized spacial score (nSPS) is 18.5. The van der Waals surface area contributed by atoms with Crippen molar-refractivity contribution in [3.05, 3.63) is 46.5 Å². The van der Waals surface area contributed by atoms with Crippen molar-refractivity contribution < 1.29 is 19.1 Å². The number of carbonyl (C=O) groups excluding carboxylic acids is 3. The summed E-state index contributed by atoms with van der Waals surface area (Å²) in [7, 11) is 0. The second kappa shape index (κ2) is 10.7. The van der Waals surface area contributed by atoms with E-state index in [0.29, 0.717) is 36.0 Å². The second-order valence-electron chi connectivity index (χ2n) is 8.41. The lowest BCUT2D eigenvalue weighted by Gasteiger charge is -2.35. The maximum atomic E-state index is 12.7. The van der Waals surface area contributed by atoms with Crippen molar-refractivity contribution in [1.82, 2.24) is 15.2 Å². The Morgan fingerprint density at radius 1 is 1.16 bits per heavy atom. The molecule has 1 aliphatic heterocycles. The lowest BCUT2D eigenvalue weighted by Crippen LogP contribution is -2.48. The molecule has 0 radical (unpaired) electrons. The zero-order valence-electron chi connectivity index (χ0n) is 18.9. The van der Waals surface area contributed by atoms with Gasteiger partial charge in [0, 0.05) is 36.5 Å². The first-order chi connectivity index (χ1) is 15.2. The molecule has 1 aliphatic rings. The summed E-state index contributed by atoms with van der Waals surface area (Å²) in [5.74, 6) is -0.400. The molecular formula is C23H30N4O4S. The molecule has 1 fully saturated rings. The first-order valence-electron chi connectivity index (χ1n) is 10.8. The molecule has 9 heteroatoms. The monoisotopic (exact) mass is 458 g/mol. The van der Waals surface area contributed by atoms with E-state index in [-0.39, 0.29) is 42.3 Å². The van der Waals surface area contributed by atoms with Crippen molar-refractivity contribution in [2.45, 2.75) is 52.9 Å². The van der Waals surface area contributed by atoms with E-state index >= 15 is 0 Å². The number of morpholine rings is 1. The summed E-state index contributed by atoms with van der Waals surface area (Å²) in [5, 5.41) is 7.86. The summed E-state index contributed by atoms with van der Waals surface area (Å²) in [5.41, 5.74) is 2.14. The summed E-state index contributed by atoms with van der Waals surface area (Å²) in [6.07, 6.45) is 0.188. The van der Waals surface area contributed by atoms with E-state index in [2.05, 4.69) is 15.6 Å². The van der Waals surface area contributed by atoms with Crippen LogP contribution in [0, 0.1) is 5.92 Å². The first-order valence-corrected chi connectivity index (χ1v) is 11.6. The lowest BCUT2D eigenvalue weighted by atomic mass is 10.1. The highest BCUT2D eigenvalue weighted by Gasteiger charge is 2.26. The Morgan fingerprint density at radius 2 is 1.81 bits per heavy atom. The fraction of sp³-hybridized carbons (Fsp3) is 0.478. The Bertz CT molecular complexity index is 947. The van der Waals surface area contributed by atoms with Crippen LogP contribution in [0.5, 0.6) is 0 Å². The van der Waals surface area contributed by atoms with Crippen molar-refractivity contribution >= 4 is 34.2 Å². The van der Waals surface area contributed by atoms with Crippen LogP contribution in [0.25, 0.3) is 0 Å². The molecule has 2 atom stereocenters. The van der Waals surface area contributed by atoms with Crippen molar-refractivity contribution in [2.24, 2.45) is 5.92 Å². The van der Waals surface area contributed by atoms with Gasteiger partial charge in [-0.05, 0) is 31.5 Å². The molecule has 2 unspecified atom stereocenters. The molecular weight excluding hydrogens is 428 g/mol. The number of rotatable bonds is 7. The highest BCUT2D eigenvalue weighted by molar-refractivity contribution is 7.13. The van der Waals surface area contributed by atoms with Crippen LogP contribution >= 0.6 is 11.3 Å². The minimum atomic E-state index is -0.159. The smallest absolute Gasteiger partial charge is 0.254 e. The van der Waals surface area contributed by atoms with Crippen LogP contribution in [0.4, 0.5) is 5.13 Å². The molecule has 8 nitrogen and oxygen atoms in total. The molecule has 1 aromatic heterocycles. The highest BCUT2D eigenvalue weighted by Crippen LogP contribution is 2.17. The minimum absolute atomic E-state index is 0.00789. The Morgan fingerprint density at radius 3 is 2.44 bits per heavy atom. The van der Waals surface area contributed by atoms with Gasteiger partial charge in [0.25, 0.3) is 5.91 Å². The number of ether oxygens (including phenoxy) is 1. The van der Waals surface area contributed by atoms with Crippen molar-refractivity contribution in [2.75, 3.05) is 18.4 Å². The molecule has 3 amide bonds. The number of nitrogens with zero attached hydrogens (tertiary/aromatic N) is 2. The fourth-order valence-corrected chi connectivity index (χ4v) is 4.13. The van der Waals surface area contributed by atoms with Crippen LogP contribution in [0.1, 0.15) is 49.3 Å². The summed E-state index contributed by atoms with van der Waals surface area (Å²) in [4.78, 5) is 42.9. The summed E-state index contributed by atoms with van der Waals surface area (Å²) < 4.78 is 5.69. The molecule has 32 heavy (non-hydrogen) atoms. The van der Waals surface area contributed by atoms with Crippen LogP contribution in [-0.4, -0.2) is 52.9 Å². The third-order valence-corrected chi connectivity index (χ3v) is 5.85. The Hall–Kier alpha value is -2.78. The second-order valence-corrected chi connectivity index (χ2v) is 9.26. The lowest BCUT2D eigenvalue weighted by molar-refractivity contribution is -0.120. The SMILES string of the molecule is CC1CN(C(=O)c2ccc(CNC(=O)Cc3csc(NC(=O)C(C)C)n3)cc2)CC(C)O1. The fourth-order valence-electron chi connectivity index (χ4n) is 3.41. The first kappa shape index (κ1) is 23.9. The van der Waals surface area contributed by atoms with E-state index in [9.17, 15) is 14.4 Å². The number of hydrogen-bond acceptors (Lipinski definition) is 6. The predicted molar refractivity (Wildman–Crippen MR) is 123 cm³/mol. The van der Waals surface area contributed by atoms with Gasteiger partial charge in [0.05, 0.1) is 24.3 Å². The number of amides is 3. The number of anilines is 1. The summed E-state index contributed by atoms with van der Waals surface area (Å²) in [6.45, 7) is 9.08. The van der Waals surface area contributed by atoms with Crippen molar-refractivity contribution in [3.8, 4) is 0 Å². The van der Waals surface area contributed by atoms with Gasteiger partial charge >= 0.3 is 0 Å². The van der Waals surface area contributed by atoms with Gasteiger partial charge in [0.15, 0.2) is 5.13 Å². The van der Waals surface area contributed by atoms with Gasteiger partial charge in [-0.2, -0.15) is 0 Å². The number of hydrogen-bond donors (Lipinski definition) is 2. The number of nitrogens with one attached hydrogen (secondary N) is 2. The van der Waals surface area contributed by atoms with Crippen LogP contribution in [0.15, 0.2) is 29.6 Å². The average molecular weight is 459 g/mol. The molecule has 3 rings (SSSR count). The highest BCUT2D eigenvalue weighted by atomic mass is 32.1. The molecule has 0 bridgehead atoms. The number of thiazole rings is 1. The van der Waals surface area contributed by atoms with Gasteiger partial charge in [0.1, 0.15) is 0 Å². The van der Waals surface area contributed by atoms with E-state index in [0.717, 1.165) is 5.56 Å². The third kappa shape index (κ3) is 6.61. The van der Waals surface area contributed by atoms with Crippen LogP contribution in [0.2, 0.25) is 0 Å². The van der Waals surface area contributed by atoms with Gasteiger partial charge in [-0.25, -0.2) is 4.98 Å². The number of carbonyl (C=O) groups is 3. The maximum Gasteiger partial charge on any atom is 0.254 e. The standard InChI is InChI=1S/C23H30N4O4S/c1-14(2)21(29)26-23-25-19(13-32-23)9-20(28)24-10-17-5-7-18(8-6-17)22(30)27-11-15(3)31-16(4)12-27/h5-8,13-16H,9-12H2,1-4H3,(H,24,28)(H,25,26,29). The van der Waals surface area contributed by atoms with Crippen LogP contribution in [-0.2, 0) is 27.3 Å². The van der Waals surface area contributed by atoms with Gasteiger partial charge in [-0.15, -0.1) is 11.3 Å². The third-order valence-electron chi connectivity index (χ3n) is 5.05. The molecule has 172 valence electrons. The maximum absolute atomic E-state index is 12.7. The average Bonchev–Trinajstić information content (AvgIpc) is 3.18. The molecule has 2 heterocycles. The zero-order chi connectivity index (χ0) is 23.3. The van der Waals surface area contributed by atoms with Gasteiger partial charge in [-0.3, -0.25) is 14.4 Å². The topological polar surface area (TPSA) is 101 Å². The van der Waals surface area contributed by atoms with Crippen molar-refractivity contribution in [1.29, 1.82) is 0 Å². The van der Waals surface area contributed by atoms with Crippen molar-refractivity contribution in [3.63, 3.8) is 0 Å².